The van der Waals surface area contributed by atoms with Crippen molar-refractivity contribution in [2.75, 3.05) is 0 Å². The number of unbranched alkanes of at least 4 members (excludes halogenated alkanes) is 1. The van der Waals surface area contributed by atoms with Crippen LogP contribution in [0.3, 0.4) is 0 Å². The molecule has 1 unspecified atom stereocenters. The first-order chi connectivity index (χ1) is 7.13. The van der Waals surface area contributed by atoms with Gasteiger partial charge < -0.3 is 5.11 Å². The van der Waals surface area contributed by atoms with E-state index in [1.807, 2.05) is 12.1 Å². The lowest BCUT2D eigenvalue weighted by Gasteiger charge is -2.12. The van der Waals surface area contributed by atoms with E-state index < -0.39 is 0 Å². The summed E-state index contributed by atoms with van der Waals surface area (Å²) in [7, 11) is 0. The van der Waals surface area contributed by atoms with Gasteiger partial charge in [-0.25, -0.2) is 0 Å². The normalized spacial score (nSPS) is 12.7. The van der Waals surface area contributed by atoms with Crippen LogP contribution in [-0.4, -0.2) is 5.11 Å². The van der Waals surface area contributed by atoms with Crippen LogP contribution in [-0.2, 0) is 6.42 Å². The molecule has 1 N–H and O–H groups in total. The molecule has 0 saturated carbocycles. The molecule has 84 valence electrons. The van der Waals surface area contributed by atoms with Gasteiger partial charge in [-0.05, 0) is 30.0 Å². The lowest BCUT2D eigenvalue weighted by atomic mass is 9.95. The van der Waals surface area contributed by atoms with Gasteiger partial charge in [-0.2, -0.15) is 0 Å². The Balaban J connectivity index is 2.56. The van der Waals surface area contributed by atoms with Gasteiger partial charge in [-0.3, -0.25) is 0 Å². The van der Waals surface area contributed by atoms with Crippen molar-refractivity contribution in [2.24, 2.45) is 5.92 Å². The molecule has 0 radical (unpaired) electrons. The Morgan fingerprint density at radius 3 is 2.73 bits per heavy atom. The van der Waals surface area contributed by atoms with Crippen molar-refractivity contribution in [3.8, 4) is 5.75 Å². The molecule has 0 heterocycles. The van der Waals surface area contributed by atoms with Gasteiger partial charge in [-0.15, -0.1) is 0 Å². The highest BCUT2D eigenvalue weighted by molar-refractivity contribution is 6.30. The second-order valence-corrected chi connectivity index (χ2v) is 4.66. The summed E-state index contributed by atoms with van der Waals surface area (Å²) in [6.45, 7) is 4.43. The summed E-state index contributed by atoms with van der Waals surface area (Å²) < 4.78 is 0. The average Bonchev–Trinajstić information content (AvgIpc) is 2.19. The second kappa shape index (κ2) is 6.02. The molecule has 1 rings (SSSR count). The molecule has 0 amide bonds. The molecule has 2 heteroatoms. The fourth-order valence-corrected chi connectivity index (χ4v) is 1.91. The minimum Gasteiger partial charge on any atom is -0.508 e. The predicted octanol–water partition coefficient (Wildman–Crippen LogP) is 4.41. The summed E-state index contributed by atoms with van der Waals surface area (Å²) in [5, 5.41) is 10.3. The number of hydrogen-bond donors (Lipinski definition) is 1. The van der Waals surface area contributed by atoms with E-state index in [0.717, 1.165) is 12.0 Å². The van der Waals surface area contributed by atoms with Crippen LogP contribution in [0.4, 0.5) is 0 Å². The molecule has 0 saturated heterocycles. The smallest absolute Gasteiger partial charge is 0.120 e. The van der Waals surface area contributed by atoms with E-state index in [4.69, 9.17) is 11.6 Å². The zero-order valence-electron chi connectivity index (χ0n) is 9.46. The number of aromatic hydroxyl groups is 1. The minimum atomic E-state index is 0.325. The summed E-state index contributed by atoms with van der Waals surface area (Å²) in [6.07, 6.45) is 4.65. The molecular formula is C13H19ClO. The van der Waals surface area contributed by atoms with Crippen molar-refractivity contribution >= 4 is 11.6 Å². The molecule has 0 aliphatic heterocycles. The number of benzene rings is 1. The van der Waals surface area contributed by atoms with Gasteiger partial charge in [0.25, 0.3) is 0 Å². The molecule has 1 aromatic rings. The molecule has 1 aromatic carbocycles. The van der Waals surface area contributed by atoms with Crippen LogP contribution in [0.5, 0.6) is 5.75 Å². The third-order valence-electron chi connectivity index (χ3n) is 2.67. The maximum atomic E-state index is 9.68. The zero-order chi connectivity index (χ0) is 11.3. The topological polar surface area (TPSA) is 20.2 Å². The summed E-state index contributed by atoms with van der Waals surface area (Å²) in [5.74, 6) is 0.947. The van der Waals surface area contributed by atoms with Crippen LogP contribution in [0.2, 0.25) is 5.02 Å². The molecule has 0 fully saturated rings. The fraction of sp³-hybridized carbons (Fsp3) is 0.538. The number of phenolic OH excluding ortho intramolecular Hbond substituents is 1. The van der Waals surface area contributed by atoms with Crippen LogP contribution < -0.4 is 0 Å². The minimum absolute atomic E-state index is 0.325. The van der Waals surface area contributed by atoms with Crippen LogP contribution in [0.1, 0.15) is 38.7 Å². The lowest BCUT2D eigenvalue weighted by Crippen LogP contribution is -1.99. The highest BCUT2D eigenvalue weighted by atomic mass is 35.5. The fourth-order valence-electron chi connectivity index (χ4n) is 1.74. The Bertz CT molecular complexity index is 309. The van der Waals surface area contributed by atoms with Crippen molar-refractivity contribution in [3.63, 3.8) is 0 Å². The van der Waals surface area contributed by atoms with Gasteiger partial charge >= 0.3 is 0 Å². The molecule has 0 bridgehead atoms. The highest BCUT2D eigenvalue weighted by Gasteiger charge is 2.07. The quantitative estimate of drug-likeness (QED) is 0.788. The Hall–Kier alpha value is -0.690. The average molecular weight is 227 g/mol. The summed E-state index contributed by atoms with van der Waals surface area (Å²) in [4.78, 5) is 0. The van der Waals surface area contributed by atoms with E-state index >= 15 is 0 Å². The Labute approximate surface area is 97.1 Å². The van der Waals surface area contributed by atoms with E-state index in [0.29, 0.717) is 16.7 Å². The molecule has 1 nitrogen and oxygen atoms in total. The van der Waals surface area contributed by atoms with E-state index in [1.54, 1.807) is 6.07 Å². The molecule has 0 aliphatic rings. The summed E-state index contributed by atoms with van der Waals surface area (Å²) in [5.41, 5.74) is 1.00. The Morgan fingerprint density at radius 2 is 2.13 bits per heavy atom. The van der Waals surface area contributed by atoms with Gasteiger partial charge in [0, 0.05) is 5.02 Å². The van der Waals surface area contributed by atoms with Crippen molar-refractivity contribution in [2.45, 2.75) is 39.5 Å². The third-order valence-corrected chi connectivity index (χ3v) is 2.90. The Kier molecular flexibility index (Phi) is 4.97. The van der Waals surface area contributed by atoms with Gasteiger partial charge in [0.2, 0.25) is 0 Å². The van der Waals surface area contributed by atoms with Crippen LogP contribution >= 0.6 is 11.6 Å². The lowest BCUT2D eigenvalue weighted by molar-refractivity contribution is 0.450. The monoisotopic (exact) mass is 226 g/mol. The maximum Gasteiger partial charge on any atom is 0.120 e. The second-order valence-electron chi connectivity index (χ2n) is 4.22. The number of phenols is 1. The molecule has 0 aromatic heterocycles. The maximum absolute atomic E-state index is 9.68. The first-order valence-electron chi connectivity index (χ1n) is 5.61. The van der Waals surface area contributed by atoms with Gasteiger partial charge in [-0.1, -0.05) is 50.8 Å². The van der Waals surface area contributed by atoms with E-state index in [-0.39, 0.29) is 0 Å². The first kappa shape index (κ1) is 12.4. The van der Waals surface area contributed by atoms with Crippen molar-refractivity contribution < 1.29 is 5.11 Å². The molecule has 1 atom stereocenters. The van der Waals surface area contributed by atoms with E-state index in [1.165, 1.54) is 19.3 Å². The van der Waals surface area contributed by atoms with Gasteiger partial charge in [0.15, 0.2) is 0 Å². The zero-order valence-corrected chi connectivity index (χ0v) is 10.2. The van der Waals surface area contributed by atoms with Crippen molar-refractivity contribution in [1.29, 1.82) is 0 Å². The van der Waals surface area contributed by atoms with Crippen LogP contribution in [0.15, 0.2) is 18.2 Å². The molecule has 0 aliphatic carbocycles. The van der Waals surface area contributed by atoms with Crippen molar-refractivity contribution in [1.82, 2.24) is 0 Å². The summed E-state index contributed by atoms with van der Waals surface area (Å²) in [6, 6.07) is 5.37. The number of rotatable bonds is 5. The number of hydrogen-bond acceptors (Lipinski definition) is 1. The molecular weight excluding hydrogens is 208 g/mol. The molecule has 0 spiro atoms. The standard InChI is InChI=1S/C13H19ClO/c1-3-4-5-10(2)8-11-6-7-12(14)9-13(11)15/h6-7,9-10,15H,3-5,8H2,1-2H3. The highest BCUT2D eigenvalue weighted by Crippen LogP contribution is 2.25. The van der Waals surface area contributed by atoms with Crippen molar-refractivity contribution in [3.05, 3.63) is 28.8 Å². The molecule has 15 heavy (non-hydrogen) atoms. The van der Waals surface area contributed by atoms with Crippen LogP contribution in [0.25, 0.3) is 0 Å². The van der Waals surface area contributed by atoms with Gasteiger partial charge in [0.05, 0.1) is 0 Å². The Morgan fingerprint density at radius 1 is 1.40 bits per heavy atom. The predicted molar refractivity (Wildman–Crippen MR) is 65.5 cm³/mol. The van der Waals surface area contributed by atoms with E-state index in [2.05, 4.69) is 13.8 Å². The van der Waals surface area contributed by atoms with Gasteiger partial charge in [0.1, 0.15) is 5.75 Å². The number of halogens is 1. The first-order valence-corrected chi connectivity index (χ1v) is 5.98. The third kappa shape index (κ3) is 4.13. The van der Waals surface area contributed by atoms with E-state index in [9.17, 15) is 5.11 Å². The largest absolute Gasteiger partial charge is 0.508 e. The summed E-state index contributed by atoms with van der Waals surface area (Å²) >= 11 is 5.78. The van der Waals surface area contributed by atoms with Crippen LogP contribution in [0, 0.1) is 5.92 Å². The SMILES string of the molecule is CCCCC(C)Cc1ccc(Cl)cc1O.